The van der Waals surface area contributed by atoms with Crippen molar-refractivity contribution in [3.05, 3.63) is 42.2 Å². The average molecular weight is 313 g/mol. The minimum Gasteiger partial charge on any atom is -0.398 e. The third-order valence-electron chi connectivity index (χ3n) is 3.59. The van der Waals surface area contributed by atoms with Crippen molar-refractivity contribution in [2.75, 3.05) is 11.1 Å². The van der Waals surface area contributed by atoms with Gasteiger partial charge in [0.1, 0.15) is 0 Å². The van der Waals surface area contributed by atoms with Crippen LogP contribution >= 0.6 is 0 Å². The van der Waals surface area contributed by atoms with Crippen molar-refractivity contribution in [1.29, 1.82) is 0 Å². The Kier molecular flexibility index (Phi) is 4.27. The molecular formula is C16H19N5O2. The van der Waals surface area contributed by atoms with Crippen LogP contribution in [0.5, 0.6) is 0 Å². The monoisotopic (exact) mass is 313 g/mol. The molecule has 0 bridgehead atoms. The van der Waals surface area contributed by atoms with Crippen molar-refractivity contribution >= 4 is 23.0 Å². The maximum Gasteiger partial charge on any atom is 0.268 e. The standard InChI is InChI=1S/C16H19N5O2/c1-2-7-21-10-11(9-18-21)19-16(22)15-8-14(20-23-15)12-5-3-4-6-13(12)17/h3-6,9-10,15H,2,7-8,17H2,1H3,(H,19,22). The fourth-order valence-corrected chi connectivity index (χ4v) is 2.44. The van der Waals surface area contributed by atoms with Crippen molar-refractivity contribution in [2.45, 2.75) is 32.4 Å². The van der Waals surface area contributed by atoms with E-state index >= 15 is 0 Å². The van der Waals surface area contributed by atoms with Gasteiger partial charge in [-0.25, -0.2) is 0 Å². The van der Waals surface area contributed by atoms with E-state index in [4.69, 9.17) is 10.6 Å². The molecular weight excluding hydrogens is 294 g/mol. The third kappa shape index (κ3) is 3.33. The Labute approximate surface area is 134 Å². The van der Waals surface area contributed by atoms with Crippen molar-refractivity contribution in [3.8, 4) is 0 Å². The molecule has 0 aliphatic carbocycles. The molecule has 1 aromatic carbocycles. The van der Waals surface area contributed by atoms with Gasteiger partial charge in [0.2, 0.25) is 6.10 Å². The van der Waals surface area contributed by atoms with Crippen LogP contribution in [0.25, 0.3) is 0 Å². The number of carbonyl (C=O) groups is 1. The molecule has 23 heavy (non-hydrogen) atoms. The first-order valence-corrected chi connectivity index (χ1v) is 7.58. The van der Waals surface area contributed by atoms with Crippen LogP contribution < -0.4 is 11.1 Å². The predicted octanol–water partition coefficient (Wildman–Crippen LogP) is 2.01. The summed E-state index contributed by atoms with van der Waals surface area (Å²) < 4.78 is 1.79. The topological polar surface area (TPSA) is 94.5 Å². The second-order valence-corrected chi connectivity index (χ2v) is 5.40. The molecule has 1 aliphatic rings. The summed E-state index contributed by atoms with van der Waals surface area (Å²) >= 11 is 0. The Morgan fingerprint density at radius 2 is 2.30 bits per heavy atom. The summed E-state index contributed by atoms with van der Waals surface area (Å²) in [4.78, 5) is 17.5. The third-order valence-corrected chi connectivity index (χ3v) is 3.59. The van der Waals surface area contributed by atoms with Gasteiger partial charge in [-0.05, 0) is 12.5 Å². The molecule has 2 heterocycles. The molecule has 0 spiro atoms. The molecule has 7 nitrogen and oxygen atoms in total. The quantitative estimate of drug-likeness (QED) is 0.825. The Bertz CT molecular complexity index is 738. The van der Waals surface area contributed by atoms with E-state index < -0.39 is 6.10 Å². The fourth-order valence-electron chi connectivity index (χ4n) is 2.44. The SMILES string of the molecule is CCCn1cc(NC(=O)C2CC(c3ccccc3N)=NO2)cn1. The highest BCUT2D eigenvalue weighted by Crippen LogP contribution is 2.21. The summed E-state index contributed by atoms with van der Waals surface area (Å²) in [5.74, 6) is -0.241. The number of nitrogens with zero attached hydrogens (tertiary/aromatic N) is 3. The second kappa shape index (κ2) is 6.51. The summed E-state index contributed by atoms with van der Waals surface area (Å²) in [7, 11) is 0. The molecule has 1 amide bonds. The summed E-state index contributed by atoms with van der Waals surface area (Å²) in [6, 6.07) is 7.40. The van der Waals surface area contributed by atoms with Crippen molar-refractivity contribution in [3.63, 3.8) is 0 Å². The highest BCUT2D eigenvalue weighted by molar-refractivity contribution is 6.08. The minimum atomic E-state index is -0.654. The predicted molar refractivity (Wildman–Crippen MR) is 88.0 cm³/mol. The van der Waals surface area contributed by atoms with Gasteiger partial charge in [-0.15, -0.1) is 0 Å². The van der Waals surface area contributed by atoms with Crippen molar-refractivity contribution in [1.82, 2.24) is 9.78 Å². The van der Waals surface area contributed by atoms with Crippen LogP contribution in [0.15, 0.2) is 41.8 Å². The van der Waals surface area contributed by atoms with Crippen molar-refractivity contribution in [2.24, 2.45) is 5.16 Å². The molecule has 1 aromatic heterocycles. The van der Waals surface area contributed by atoms with Crippen molar-refractivity contribution < 1.29 is 9.63 Å². The number of para-hydroxylation sites is 1. The lowest BCUT2D eigenvalue weighted by molar-refractivity contribution is -0.125. The average Bonchev–Trinajstić information content (AvgIpc) is 3.18. The van der Waals surface area contributed by atoms with Gasteiger partial charge in [-0.3, -0.25) is 9.48 Å². The van der Waals surface area contributed by atoms with E-state index in [1.54, 1.807) is 23.1 Å². The molecule has 7 heteroatoms. The Morgan fingerprint density at radius 1 is 1.48 bits per heavy atom. The number of amides is 1. The molecule has 1 atom stereocenters. The Hall–Kier alpha value is -2.83. The number of benzene rings is 1. The normalized spacial score (nSPS) is 16.7. The van der Waals surface area contributed by atoms with Crippen LogP contribution in [0.3, 0.4) is 0 Å². The number of carbonyl (C=O) groups excluding carboxylic acids is 1. The lowest BCUT2D eigenvalue weighted by Crippen LogP contribution is -2.28. The van der Waals surface area contributed by atoms with Crippen LogP contribution in [-0.4, -0.2) is 27.5 Å². The number of aryl methyl sites for hydroxylation is 1. The summed E-state index contributed by atoms with van der Waals surface area (Å²) in [5, 5.41) is 11.0. The molecule has 1 unspecified atom stereocenters. The largest absolute Gasteiger partial charge is 0.398 e. The minimum absolute atomic E-state index is 0.241. The highest BCUT2D eigenvalue weighted by Gasteiger charge is 2.29. The first kappa shape index (κ1) is 15.1. The molecule has 0 fully saturated rings. The van der Waals surface area contributed by atoms with Gasteiger partial charge in [-0.1, -0.05) is 30.3 Å². The van der Waals surface area contributed by atoms with E-state index in [0.29, 0.717) is 23.5 Å². The fraction of sp³-hybridized carbons (Fsp3) is 0.312. The molecule has 2 aromatic rings. The van der Waals surface area contributed by atoms with Gasteiger partial charge in [0, 0.05) is 30.4 Å². The van der Waals surface area contributed by atoms with E-state index in [9.17, 15) is 4.79 Å². The number of nitrogen functional groups attached to an aromatic ring is 1. The first-order valence-electron chi connectivity index (χ1n) is 7.58. The molecule has 0 saturated heterocycles. The molecule has 3 N–H and O–H groups in total. The highest BCUT2D eigenvalue weighted by atomic mass is 16.6. The molecule has 120 valence electrons. The van der Waals surface area contributed by atoms with Gasteiger partial charge in [0.05, 0.1) is 17.6 Å². The van der Waals surface area contributed by atoms with E-state index in [1.807, 2.05) is 18.2 Å². The molecule has 3 rings (SSSR count). The number of nitrogens with one attached hydrogen (secondary N) is 1. The van der Waals surface area contributed by atoms with Crippen LogP contribution in [0, 0.1) is 0 Å². The summed E-state index contributed by atoms with van der Waals surface area (Å²) in [6.45, 7) is 2.89. The lowest BCUT2D eigenvalue weighted by atomic mass is 10.0. The molecule has 0 saturated carbocycles. The zero-order valence-electron chi connectivity index (χ0n) is 12.9. The number of nitrogens with two attached hydrogens (primary N) is 1. The number of aromatic nitrogens is 2. The van der Waals surface area contributed by atoms with E-state index in [1.165, 1.54) is 0 Å². The van der Waals surface area contributed by atoms with Crippen LogP contribution in [0.2, 0.25) is 0 Å². The Balaban J connectivity index is 1.61. The van der Waals surface area contributed by atoms with Crippen LogP contribution in [0.1, 0.15) is 25.3 Å². The zero-order chi connectivity index (χ0) is 16.2. The Morgan fingerprint density at radius 3 is 3.09 bits per heavy atom. The number of hydrogen-bond donors (Lipinski definition) is 2. The number of anilines is 2. The maximum atomic E-state index is 12.3. The smallest absolute Gasteiger partial charge is 0.268 e. The number of rotatable bonds is 5. The zero-order valence-corrected chi connectivity index (χ0v) is 12.9. The first-order chi connectivity index (χ1) is 11.2. The van der Waals surface area contributed by atoms with E-state index in [-0.39, 0.29) is 5.91 Å². The summed E-state index contributed by atoms with van der Waals surface area (Å²) in [5.41, 5.74) is 8.69. The van der Waals surface area contributed by atoms with Gasteiger partial charge < -0.3 is 15.9 Å². The van der Waals surface area contributed by atoms with Gasteiger partial charge in [0.15, 0.2) is 0 Å². The van der Waals surface area contributed by atoms with Gasteiger partial charge in [0.25, 0.3) is 5.91 Å². The second-order valence-electron chi connectivity index (χ2n) is 5.40. The van der Waals surface area contributed by atoms with E-state index in [2.05, 4.69) is 22.5 Å². The summed E-state index contributed by atoms with van der Waals surface area (Å²) in [6.07, 6.45) is 4.14. The van der Waals surface area contributed by atoms with Gasteiger partial charge in [-0.2, -0.15) is 5.10 Å². The molecule has 1 aliphatic heterocycles. The van der Waals surface area contributed by atoms with Crippen LogP contribution in [-0.2, 0) is 16.2 Å². The lowest BCUT2D eigenvalue weighted by Gasteiger charge is -2.08. The van der Waals surface area contributed by atoms with E-state index in [0.717, 1.165) is 18.5 Å². The molecule has 0 radical (unpaired) electrons. The number of oxime groups is 1. The number of hydrogen-bond acceptors (Lipinski definition) is 5. The maximum absolute atomic E-state index is 12.3. The van der Waals surface area contributed by atoms with Crippen LogP contribution in [0.4, 0.5) is 11.4 Å². The van der Waals surface area contributed by atoms with Gasteiger partial charge >= 0.3 is 0 Å².